The van der Waals surface area contributed by atoms with Gasteiger partial charge in [0.1, 0.15) is 6.04 Å². The third-order valence-corrected chi connectivity index (χ3v) is 4.04. The lowest BCUT2D eigenvalue weighted by atomic mass is 10.1. The summed E-state index contributed by atoms with van der Waals surface area (Å²) in [6.07, 6.45) is 3.60. The number of rotatable bonds is 6. The number of aryl methyl sites for hydroxylation is 1. The fourth-order valence-corrected chi connectivity index (χ4v) is 2.85. The van der Waals surface area contributed by atoms with Crippen molar-refractivity contribution in [3.63, 3.8) is 0 Å². The highest BCUT2D eigenvalue weighted by Crippen LogP contribution is 2.18. The van der Waals surface area contributed by atoms with E-state index in [-0.39, 0.29) is 11.9 Å². The first-order valence-corrected chi connectivity index (χ1v) is 8.03. The number of carbonyl (C=O) groups is 1. The average Bonchev–Trinajstić information content (AvgIpc) is 2.91. The van der Waals surface area contributed by atoms with Gasteiger partial charge in [-0.2, -0.15) is 5.10 Å². The van der Waals surface area contributed by atoms with Gasteiger partial charge in [-0.25, -0.2) is 0 Å². The van der Waals surface area contributed by atoms with E-state index in [9.17, 15) is 4.79 Å². The van der Waals surface area contributed by atoms with Crippen LogP contribution in [-0.4, -0.2) is 34.2 Å². The third-order valence-electron chi connectivity index (χ3n) is 3.55. The highest BCUT2D eigenvalue weighted by Gasteiger charge is 2.24. The van der Waals surface area contributed by atoms with Crippen molar-refractivity contribution < 1.29 is 4.79 Å². The molecule has 0 fully saturated rings. The summed E-state index contributed by atoms with van der Waals surface area (Å²) in [7, 11) is 3.64. The number of halogens is 1. The van der Waals surface area contributed by atoms with Gasteiger partial charge >= 0.3 is 0 Å². The Labute approximate surface area is 139 Å². The van der Waals surface area contributed by atoms with Crippen molar-refractivity contribution in [1.29, 1.82) is 0 Å². The zero-order chi connectivity index (χ0) is 16.1. The fourth-order valence-electron chi connectivity index (χ4n) is 2.41. The molecule has 0 aliphatic rings. The molecule has 1 atom stereocenters. The Balaban J connectivity index is 2.16. The Morgan fingerprint density at radius 2 is 2.27 bits per heavy atom. The van der Waals surface area contributed by atoms with Crippen LogP contribution in [0.2, 0.25) is 0 Å². The zero-order valence-corrected chi connectivity index (χ0v) is 14.7. The van der Waals surface area contributed by atoms with Gasteiger partial charge in [0.05, 0.1) is 6.20 Å². The monoisotopic (exact) mass is 364 g/mol. The van der Waals surface area contributed by atoms with Crippen LogP contribution in [0.4, 0.5) is 0 Å². The highest BCUT2D eigenvalue weighted by atomic mass is 79.9. The molecule has 1 amide bonds. The molecule has 1 unspecified atom stereocenters. The summed E-state index contributed by atoms with van der Waals surface area (Å²) in [5, 5.41) is 7.24. The summed E-state index contributed by atoms with van der Waals surface area (Å²) in [5.41, 5.74) is 1.98. The van der Waals surface area contributed by atoms with Crippen LogP contribution in [0, 0.1) is 0 Å². The van der Waals surface area contributed by atoms with Crippen molar-refractivity contribution in [3.8, 4) is 0 Å². The molecular weight excluding hydrogens is 344 g/mol. The largest absolute Gasteiger partial charge is 0.337 e. The van der Waals surface area contributed by atoms with Gasteiger partial charge in [-0.05, 0) is 31.7 Å². The maximum absolute atomic E-state index is 12.8. The number of carbonyl (C=O) groups excluding carboxylic acids is 1. The minimum absolute atomic E-state index is 0.0537. The van der Waals surface area contributed by atoms with Crippen LogP contribution in [-0.2, 0) is 18.4 Å². The standard InChI is InChI=1S/C16H21BrN4O/c1-4-21(10-12-6-5-7-14(17)8-12)16(22)15(18-2)13-9-19-20(3)11-13/h5-9,11,15,18H,4,10H2,1-3H3. The first-order valence-electron chi connectivity index (χ1n) is 7.24. The van der Waals surface area contributed by atoms with Crippen LogP contribution in [0.15, 0.2) is 41.1 Å². The summed E-state index contributed by atoms with van der Waals surface area (Å²) in [4.78, 5) is 14.7. The Kier molecular flexibility index (Phi) is 5.74. The first kappa shape index (κ1) is 16.7. The smallest absolute Gasteiger partial charge is 0.244 e. The molecule has 0 radical (unpaired) electrons. The minimum atomic E-state index is -0.374. The molecule has 0 saturated heterocycles. The van der Waals surface area contributed by atoms with Crippen molar-refractivity contribution in [2.45, 2.75) is 19.5 Å². The van der Waals surface area contributed by atoms with Crippen LogP contribution in [0.5, 0.6) is 0 Å². The van der Waals surface area contributed by atoms with Gasteiger partial charge < -0.3 is 10.2 Å². The van der Waals surface area contributed by atoms with Gasteiger partial charge in [0.2, 0.25) is 5.91 Å². The number of hydrogen-bond acceptors (Lipinski definition) is 3. The number of hydrogen-bond donors (Lipinski definition) is 1. The molecule has 0 bridgehead atoms. The normalized spacial score (nSPS) is 12.2. The molecule has 2 rings (SSSR count). The molecule has 1 heterocycles. The Hall–Kier alpha value is -1.66. The number of amides is 1. The van der Waals surface area contributed by atoms with Gasteiger partial charge in [0.25, 0.3) is 0 Å². The van der Waals surface area contributed by atoms with E-state index < -0.39 is 0 Å². The van der Waals surface area contributed by atoms with Crippen LogP contribution in [0.1, 0.15) is 24.1 Å². The molecule has 22 heavy (non-hydrogen) atoms. The topological polar surface area (TPSA) is 50.2 Å². The van der Waals surface area contributed by atoms with E-state index in [0.29, 0.717) is 13.1 Å². The highest BCUT2D eigenvalue weighted by molar-refractivity contribution is 9.10. The number of likely N-dealkylation sites (N-methyl/N-ethyl adjacent to an activating group) is 2. The lowest BCUT2D eigenvalue weighted by molar-refractivity contribution is -0.133. The average molecular weight is 365 g/mol. The predicted molar refractivity (Wildman–Crippen MR) is 90.2 cm³/mol. The van der Waals surface area contributed by atoms with Crippen LogP contribution >= 0.6 is 15.9 Å². The summed E-state index contributed by atoms with van der Waals surface area (Å²) in [6.45, 7) is 3.24. The van der Waals surface area contributed by atoms with E-state index in [1.165, 1.54) is 0 Å². The van der Waals surface area contributed by atoms with Crippen LogP contribution in [0.25, 0.3) is 0 Å². The molecular formula is C16H21BrN4O. The van der Waals surface area contributed by atoms with Crippen molar-refractivity contribution >= 4 is 21.8 Å². The van der Waals surface area contributed by atoms with Gasteiger partial charge in [-0.1, -0.05) is 28.1 Å². The van der Waals surface area contributed by atoms with Gasteiger partial charge in [-0.15, -0.1) is 0 Å². The van der Waals surface area contributed by atoms with E-state index in [0.717, 1.165) is 15.6 Å². The second-order valence-electron chi connectivity index (χ2n) is 5.15. The maximum atomic E-state index is 12.8. The number of aromatic nitrogens is 2. The van der Waals surface area contributed by atoms with Crippen LogP contribution < -0.4 is 5.32 Å². The molecule has 2 aromatic rings. The molecule has 1 aromatic heterocycles. The van der Waals surface area contributed by atoms with E-state index in [1.54, 1.807) is 17.9 Å². The summed E-state index contributed by atoms with van der Waals surface area (Å²) < 4.78 is 2.73. The second-order valence-corrected chi connectivity index (χ2v) is 6.07. The first-order chi connectivity index (χ1) is 10.5. The van der Waals surface area contributed by atoms with E-state index in [2.05, 4.69) is 26.3 Å². The Bertz CT molecular complexity index is 641. The number of nitrogens with one attached hydrogen (secondary N) is 1. The number of nitrogens with zero attached hydrogens (tertiary/aromatic N) is 3. The maximum Gasteiger partial charge on any atom is 0.244 e. The Morgan fingerprint density at radius 3 is 2.82 bits per heavy atom. The van der Waals surface area contributed by atoms with Gasteiger partial charge in [-0.3, -0.25) is 9.48 Å². The zero-order valence-electron chi connectivity index (χ0n) is 13.1. The summed E-state index contributed by atoms with van der Waals surface area (Å²) >= 11 is 3.47. The molecule has 0 spiro atoms. The lowest BCUT2D eigenvalue weighted by Gasteiger charge is -2.26. The summed E-state index contributed by atoms with van der Waals surface area (Å²) in [5.74, 6) is 0.0537. The van der Waals surface area contributed by atoms with Crippen molar-refractivity contribution in [2.24, 2.45) is 7.05 Å². The molecule has 6 heteroatoms. The molecule has 0 aliphatic carbocycles. The van der Waals surface area contributed by atoms with E-state index in [4.69, 9.17) is 0 Å². The van der Waals surface area contributed by atoms with E-state index in [1.807, 2.05) is 49.3 Å². The fraction of sp³-hybridized carbons (Fsp3) is 0.375. The van der Waals surface area contributed by atoms with Gasteiger partial charge in [0.15, 0.2) is 0 Å². The van der Waals surface area contributed by atoms with Crippen molar-refractivity contribution in [1.82, 2.24) is 20.0 Å². The van der Waals surface area contributed by atoms with Crippen molar-refractivity contribution in [3.05, 3.63) is 52.3 Å². The van der Waals surface area contributed by atoms with Gasteiger partial charge in [0, 0.05) is 36.4 Å². The SMILES string of the molecule is CCN(Cc1cccc(Br)c1)C(=O)C(NC)c1cnn(C)c1. The molecule has 0 saturated carbocycles. The lowest BCUT2D eigenvalue weighted by Crippen LogP contribution is -2.39. The van der Waals surface area contributed by atoms with Crippen molar-refractivity contribution in [2.75, 3.05) is 13.6 Å². The molecule has 1 aromatic carbocycles. The molecule has 118 valence electrons. The van der Waals surface area contributed by atoms with Crippen LogP contribution in [0.3, 0.4) is 0 Å². The second kappa shape index (κ2) is 7.56. The quantitative estimate of drug-likeness (QED) is 0.856. The molecule has 0 aliphatic heterocycles. The Morgan fingerprint density at radius 1 is 1.50 bits per heavy atom. The third kappa shape index (κ3) is 3.96. The molecule has 5 nitrogen and oxygen atoms in total. The molecule has 1 N–H and O–H groups in total. The summed E-state index contributed by atoms with van der Waals surface area (Å²) in [6, 6.07) is 7.65. The minimum Gasteiger partial charge on any atom is -0.337 e. The number of benzene rings is 1. The van der Waals surface area contributed by atoms with E-state index >= 15 is 0 Å². The predicted octanol–water partition coefficient (Wildman–Crippen LogP) is 2.49.